The van der Waals surface area contributed by atoms with Crippen molar-refractivity contribution >= 4 is 22.4 Å². The van der Waals surface area contributed by atoms with E-state index in [1.807, 2.05) is 85.8 Å². The summed E-state index contributed by atoms with van der Waals surface area (Å²) in [6, 6.07) is 24.9. The van der Waals surface area contributed by atoms with E-state index in [-0.39, 0.29) is 22.6 Å². The second-order valence-electron chi connectivity index (χ2n) is 8.49. The van der Waals surface area contributed by atoms with E-state index < -0.39 is 5.56 Å². The van der Waals surface area contributed by atoms with Crippen molar-refractivity contribution in [1.29, 1.82) is 0 Å². The van der Waals surface area contributed by atoms with Gasteiger partial charge in [0.2, 0.25) is 4.96 Å². The number of rotatable bonds is 9. The normalized spacial score (nSPS) is 11.6. The van der Waals surface area contributed by atoms with Gasteiger partial charge in [-0.3, -0.25) is 9.59 Å². The molecule has 2 aromatic heterocycles. The van der Waals surface area contributed by atoms with Gasteiger partial charge >= 0.3 is 0 Å². The van der Waals surface area contributed by atoms with Gasteiger partial charge in [-0.2, -0.15) is 14.6 Å². The van der Waals surface area contributed by atoms with Crippen LogP contribution in [0.15, 0.2) is 88.5 Å². The number of fused-ring (bicyclic) bond motifs is 1. The monoisotopic (exact) mass is 511 g/mol. The van der Waals surface area contributed by atoms with Crippen LogP contribution >= 0.6 is 11.3 Å². The summed E-state index contributed by atoms with van der Waals surface area (Å²) in [4.78, 5) is 30.0. The van der Waals surface area contributed by atoms with E-state index in [1.165, 1.54) is 4.52 Å². The maximum atomic E-state index is 13.0. The number of nitrogens with zero attached hydrogens (tertiary/aromatic N) is 3. The van der Waals surface area contributed by atoms with Gasteiger partial charge in [0.05, 0.1) is 11.1 Å². The van der Waals surface area contributed by atoms with Gasteiger partial charge in [0, 0.05) is 6.42 Å². The minimum Gasteiger partial charge on any atom is -0.494 e. The first kappa shape index (κ1) is 24.4. The Morgan fingerprint density at radius 3 is 2.30 bits per heavy atom. The topological polar surface area (TPSA) is 82.8 Å². The van der Waals surface area contributed by atoms with Crippen molar-refractivity contribution in [1.82, 2.24) is 14.6 Å². The summed E-state index contributed by atoms with van der Waals surface area (Å²) in [7, 11) is 0. The van der Waals surface area contributed by atoms with E-state index in [2.05, 4.69) is 10.1 Å². The van der Waals surface area contributed by atoms with Gasteiger partial charge in [-0.15, -0.1) is 0 Å². The molecule has 0 fully saturated rings. The molecule has 0 saturated heterocycles. The van der Waals surface area contributed by atoms with Crippen molar-refractivity contribution in [3.8, 4) is 11.5 Å². The highest BCUT2D eigenvalue weighted by Gasteiger charge is 2.12. The first-order valence-electron chi connectivity index (χ1n) is 12.0. The van der Waals surface area contributed by atoms with Gasteiger partial charge in [-0.1, -0.05) is 72.9 Å². The highest BCUT2D eigenvalue weighted by Crippen LogP contribution is 2.16. The molecule has 5 aromatic rings. The molecule has 0 aliphatic heterocycles. The average Bonchev–Trinajstić information content (AvgIpc) is 3.22. The molecule has 0 amide bonds. The third kappa shape index (κ3) is 5.92. The molecular formula is C29H25N3O4S. The van der Waals surface area contributed by atoms with E-state index in [9.17, 15) is 9.59 Å². The van der Waals surface area contributed by atoms with Gasteiger partial charge in [-0.05, 0) is 53.5 Å². The second kappa shape index (κ2) is 11.2. The summed E-state index contributed by atoms with van der Waals surface area (Å²) in [6.07, 6.45) is 2.98. The number of hydrogen-bond acceptors (Lipinski definition) is 7. The van der Waals surface area contributed by atoms with Crippen LogP contribution in [0.3, 0.4) is 0 Å². The first-order valence-corrected chi connectivity index (χ1v) is 12.8. The van der Waals surface area contributed by atoms with Gasteiger partial charge in [0.1, 0.15) is 23.8 Å². The zero-order chi connectivity index (χ0) is 25.6. The smallest absolute Gasteiger partial charge is 0.296 e. The van der Waals surface area contributed by atoms with Crippen LogP contribution in [0.2, 0.25) is 0 Å². The van der Waals surface area contributed by atoms with Crippen LogP contribution in [-0.2, 0) is 13.0 Å². The number of aromatic nitrogens is 3. The quantitative estimate of drug-likeness (QED) is 0.297. The molecule has 0 bridgehead atoms. The second-order valence-corrected chi connectivity index (χ2v) is 9.50. The van der Waals surface area contributed by atoms with E-state index in [0.29, 0.717) is 17.7 Å². The van der Waals surface area contributed by atoms with Crippen molar-refractivity contribution in [2.45, 2.75) is 26.4 Å². The summed E-state index contributed by atoms with van der Waals surface area (Å²) in [5, 5.41) is 4.34. The average molecular weight is 512 g/mol. The first-order chi connectivity index (χ1) is 18.1. The van der Waals surface area contributed by atoms with Crippen LogP contribution in [0, 0.1) is 0 Å². The molecule has 0 aliphatic rings. The lowest BCUT2D eigenvalue weighted by Gasteiger charge is -2.06. The SMILES string of the molecule is CCCOc1ccc(Cc2nn3c(=O)/c(=C/c4ccc(OCc5ccccc5)cc4)sc3nc2=O)cc1. The third-order valence-corrected chi connectivity index (χ3v) is 6.60. The molecular weight excluding hydrogens is 486 g/mol. The number of ether oxygens (including phenoxy) is 2. The lowest BCUT2D eigenvalue weighted by atomic mass is 10.1. The molecule has 0 saturated carbocycles. The van der Waals surface area contributed by atoms with Gasteiger partial charge in [0.15, 0.2) is 0 Å². The molecule has 8 heteroatoms. The Hall–Kier alpha value is -4.30. The summed E-state index contributed by atoms with van der Waals surface area (Å²) in [5.41, 5.74) is 2.30. The minimum atomic E-state index is -0.431. The molecule has 7 nitrogen and oxygen atoms in total. The van der Waals surface area contributed by atoms with Crippen molar-refractivity contribution in [2.75, 3.05) is 6.61 Å². The molecule has 0 radical (unpaired) electrons. The zero-order valence-corrected chi connectivity index (χ0v) is 21.1. The van der Waals surface area contributed by atoms with Gasteiger partial charge < -0.3 is 9.47 Å². The van der Waals surface area contributed by atoms with Crippen LogP contribution in [0.25, 0.3) is 11.0 Å². The van der Waals surface area contributed by atoms with E-state index in [1.54, 1.807) is 6.08 Å². The molecule has 2 heterocycles. The minimum absolute atomic E-state index is 0.223. The largest absolute Gasteiger partial charge is 0.494 e. The highest BCUT2D eigenvalue weighted by atomic mass is 32.1. The van der Waals surface area contributed by atoms with E-state index in [4.69, 9.17) is 9.47 Å². The summed E-state index contributed by atoms with van der Waals surface area (Å²) in [5.74, 6) is 1.52. The fourth-order valence-electron chi connectivity index (χ4n) is 3.72. The number of benzene rings is 3. The molecule has 186 valence electrons. The summed E-state index contributed by atoms with van der Waals surface area (Å²) >= 11 is 1.14. The maximum Gasteiger partial charge on any atom is 0.296 e. The van der Waals surface area contributed by atoms with Crippen molar-refractivity contribution < 1.29 is 9.47 Å². The Labute approximate surface area is 217 Å². The van der Waals surface area contributed by atoms with Crippen molar-refractivity contribution in [3.05, 3.63) is 126 Å². The maximum absolute atomic E-state index is 13.0. The number of hydrogen-bond donors (Lipinski definition) is 0. The Morgan fingerprint density at radius 2 is 1.57 bits per heavy atom. The molecule has 5 rings (SSSR count). The standard InChI is InChI=1S/C29H25N3O4S/c1-2-16-35-23-12-8-20(9-13-23)17-25-27(33)30-29-32(31-25)28(34)26(37-29)18-21-10-14-24(15-11-21)36-19-22-6-4-3-5-7-22/h3-15,18H,2,16-17,19H2,1H3/b26-18-. The van der Waals surface area contributed by atoms with Gasteiger partial charge in [0.25, 0.3) is 11.1 Å². The van der Waals surface area contributed by atoms with E-state index >= 15 is 0 Å². The predicted molar refractivity (Wildman–Crippen MR) is 144 cm³/mol. The molecule has 0 unspecified atom stereocenters. The molecule has 37 heavy (non-hydrogen) atoms. The predicted octanol–water partition coefficient (Wildman–Crippen LogP) is 4.02. The Kier molecular flexibility index (Phi) is 7.37. The van der Waals surface area contributed by atoms with Crippen LogP contribution < -0.4 is 25.1 Å². The molecule has 0 N–H and O–H groups in total. The molecule has 0 aliphatic carbocycles. The van der Waals surface area contributed by atoms with Gasteiger partial charge in [-0.25, -0.2) is 0 Å². The van der Waals surface area contributed by atoms with Crippen molar-refractivity contribution in [2.24, 2.45) is 0 Å². The highest BCUT2D eigenvalue weighted by molar-refractivity contribution is 7.15. The summed E-state index contributed by atoms with van der Waals surface area (Å²) < 4.78 is 13.1. The lowest BCUT2D eigenvalue weighted by Crippen LogP contribution is -2.28. The molecule has 3 aromatic carbocycles. The lowest BCUT2D eigenvalue weighted by molar-refractivity contribution is 0.306. The Bertz CT molecular complexity index is 1660. The Morgan fingerprint density at radius 1 is 0.865 bits per heavy atom. The molecule has 0 spiro atoms. The molecule has 0 atom stereocenters. The van der Waals surface area contributed by atoms with Crippen molar-refractivity contribution in [3.63, 3.8) is 0 Å². The van der Waals surface area contributed by atoms with Crippen LogP contribution in [0.5, 0.6) is 11.5 Å². The van der Waals surface area contributed by atoms with Crippen LogP contribution in [0.4, 0.5) is 0 Å². The zero-order valence-electron chi connectivity index (χ0n) is 20.3. The Balaban J connectivity index is 1.34. The third-order valence-electron chi connectivity index (χ3n) is 5.64. The number of thiazole rings is 1. The summed E-state index contributed by atoms with van der Waals surface area (Å²) in [6.45, 7) is 3.18. The fraction of sp³-hybridized carbons (Fsp3) is 0.172. The van der Waals surface area contributed by atoms with Crippen LogP contribution in [0.1, 0.15) is 35.7 Å². The van der Waals surface area contributed by atoms with Crippen LogP contribution in [-0.4, -0.2) is 21.2 Å². The fourth-order valence-corrected chi connectivity index (χ4v) is 4.63. The van der Waals surface area contributed by atoms with E-state index in [0.717, 1.165) is 45.9 Å².